The molecule has 0 spiro atoms. The Kier molecular flexibility index (Phi) is 3.91. The molecule has 0 amide bonds. The van der Waals surface area contributed by atoms with Crippen LogP contribution in [0, 0.1) is 0 Å². The summed E-state index contributed by atoms with van der Waals surface area (Å²) in [6, 6.07) is 7.79. The van der Waals surface area contributed by atoms with Gasteiger partial charge in [0.25, 0.3) is 0 Å². The molecule has 0 radical (unpaired) electrons. The van der Waals surface area contributed by atoms with E-state index in [2.05, 4.69) is 0 Å². The van der Waals surface area contributed by atoms with Crippen molar-refractivity contribution in [2.24, 2.45) is 0 Å². The Hall–Kier alpha value is -0.650. The van der Waals surface area contributed by atoms with Gasteiger partial charge in [-0.25, -0.2) is 9.78 Å². The van der Waals surface area contributed by atoms with Crippen LogP contribution in [0.4, 0.5) is 0 Å². The monoisotopic (exact) mass is 268 g/mol. The molecule has 0 saturated carbocycles. The topological polar surface area (TPSA) is 58.6 Å². The van der Waals surface area contributed by atoms with Crippen molar-refractivity contribution in [3.8, 4) is 0 Å². The van der Waals surface area contributed by atoms with Crippen LogP contribution in [0.25, 0.3) is 0 Å². The van der Waals surface area contributed by atoms with E-state index < -0.39 is 17.2 Å². The minimum Gasteiger partial charge on any atom is -0.550 e. The number of hydrogen-bond donors (Lipinski definition) is 0. The van der Waals surface area contributed by atoms with E-state index in [0.717, 1.165) is 11.1 Å². The molecule has 4 nitrogen and oxygen atoms in total. The van der Waals surface area contributed by atoms with Crippen LogP contribution in [0.5, 0.6) is 0 Å². The number of carboxylic acids is 1. The summed E-state index contributed by atoms with van der Waals surface area (Å²) in [5, 5.41) is 10.7. The molecule has 0 saturated heterocycles. The zero-order chi connectivity index (χ0) is 12.8. The van der Waals surface area contributed by atoms with Gasteiger partial charge in [-0.1, -0.05) is 24.3 Å². The molecule has 2 heterocycles. The number of aliphatic carboxylic acids is 1. The molecule has 3 aliphatic rings. The first-order chi connectivity index (χ1) is 8.56. The number of carbonyl (C=O) groups excluding carboxylic acids is 1. The van der Waals surface area contributed by atoms with E-state index in [1.165, 1.54) is 0 Å². The van der Waals surface area contributed by atoms with Crippen molar-refractivity contribution in [3.05, 3.63) is 47.5 Å². The third kappa shape index (κ3) is 2.28. The van der Waals surface area contributed by atoms with Crippen molar-refractivity contribution >= 4 is 5.97 Å². The third-order valence-corrected chi connectivity index (χ3v) is 3.65. The first-order valence-corrected chi connectivity index (χ1v) is 5.93. The molecule has 2 unspecified atom stereocenters. The Labute approximate surface area is 133 Å². The van der Waals surface area contributed by atoms with E-state index in [1.807, 2.05) is 43.3 Å². The third-order valence-electron chi connectivity index (χ3n) is 3.65. The van der Waals surface area contributed by atoms with Crippen molar-refractivity contribution in [1.29, 1.82) is 0 Å². The molecule has 0 N–H and O–H groups in total. The summed E-state index contributed by atoms with van der Waals surface area (Å²) in [5.74, 6) is -1.09. The van der Waals surface area contributed by atoms with Gasteiger partial charge in [0.15, 0.2) is 0 Å². The Bertz CT molecular complexity index is 542. The SMILES string of the molecule is CC12C=CC(CCC(=O)[O-])(OO1)c1ccccc12.[Na+]. The van der Waals surface area contributed by atoms with E-state index in [4.69, 9.17) is 9.78 Å². The fraction of sp³-hybridized carbons (Fsp3) is 0.357. The number of hydrogen-bond acceptors (Lipinski definition) is 4. The number of rotatable bonds is 3. The predicted molar refractivity (Wildman–Crippen MR) is 61.0 cm³/mol. The van der Waals surface area contributed by atoms with E-state index in [1.54, 1.807) is 0 Å². The molecule has 1 aromatic rings. The van der Waals surface area contributed by atoms with Crippen LogP contribution < -0.4 is 34.7 Å². The van der Waals surface area contributed by atoms with E-state index in [-0.39, 0.29) is 36.0 Å². The molecule has 2 atom stereocenters. The molecular formula is C14H13NaO4. The largest absolute Gasteiger partial charge is 1.00 e. The van der Waals surface area contributed by atoms with E-state index >= 15 is 0 Å². The van der Waals surface area contributed by atoms with Crippen LogP contribution >= 0.6 is 0 Å². The van der Waals surface area contributed by atoms with Crippen LogP contribution in [0.15, 0.2) is 36.4 Å². The summed E-state index contributed by atoms with van der Waals surface area (Å²) < 4.78 is 0. The summed E-state index contributed by atoms with van der Waals surface area (Å²) in [6.07, 6.45) is 4.05. The summed E-state index contributed by atoms with van der Waals surface area (Å²) in [7, 11) is 0. The van der Waals surface area contributed by atoms with E-state index in [0.29, 0.717) is 6.42 Å². The Balaban J connectivity index is 0.00000133. The van der Waals surface area contributed by atoms with E-state index in [9.17, 15) is 9.90 Å². The van der Waals surface area contributed by atoms with Crippen LogP contribution in [0.3, 0.4) is 0 Å². The molecule has 5 heteroatoms. The summed E-state index contributed by atoms with van der Waals surface area (Å²) in [5.41, 5.74) is 0.619. The Morgan fingerprint density at radius 1 is 1.21 bits per heavy atom. The molecule has 1 aromatic carbocycles. The maximum Gasteiger partial charge on any atom is 1.00 e. The molecule has 4 rings (SSSR count). The van der Waals surface area contributed by atoms with Gasteiger partial charge in [-0.05, 0) is 43.0 Å². The molecular weight excluding hydrogens is 255 g/mol. The number of carbonyl (C=O) groups is 1. The summed E-state index contributed by atoms with van der Waals surface area (Å²) in [4.78, 5) is 21.5. The number of carboxylic acid groups (broad SMARTS) is 1. The first kappa shape index (κ1) is 14.8. The standard InChI is InChI=1S/C14H14O4.Na/c1-13-8-9-14(18-17-13,7-6-12(15)16)11-5-3-2-4-10(11)13;/h2-5,8-9H,6-7H2,1H3,(H,15,16);/q;+1/p-1. The average molecular weight is 268 g/mol. The van der Waals surface area contributed by atoms with Crippen LogP contribution in [-0.4, -0.2) is 5.97 Å². The predicted octanol–water partition coefficient (Wildman–Crippen LogP) is -1.84. The van der Waals surface area contributed by atoms with Crippen molar-refractivity contribution in [2.45, 2.75) is 31.0 Å². The van der Waals surface area contributed by atoms with Crippen LogP contribution in [-0.2, 0) is 25.8 Å². The zero-order valence-electron chi connectivity index (χ0n) is 11.0. The number of fused-ring (bicyclic) bond motifs is 1. The fourth-order valence-corrected chi connectivity index (χ4v) is 2.61. The van der Waals surface area contributed by atoms with Gasteiger partial charge >= 0.3 is 29.6 Å². The second kappa shape index (κ2) is 5.04. The molecule has 0 fully saturated rings. The van der Waals surface area contributed by atoms with Gasteiger partial charge in [-0.2, -0.15) is 0 Å². The number of benzene rings is 1. The smallest absolute Gasteiger partial charge is 0.550 e. The molecule has 0 aromatic heterocycles. The van der Waals surface area contributed by atoms with Crippen molar-refractivity contribution < 1.29 is 49.2 Å². The molecule has 94 valence electrons. The Morgan fingerprint density at radius 2 is 1.89 bits per heavy atom. The zero-order valence-corrected chi connectivity index (χ0v) is 13.0. The van der Waals surface area contributed by atoms with Gasteiger partial charge in [0.05, 0.1) is 0 Å². The van der Waals surface area contributed by atoms with Crippen molar-refractivity contribution in [3.63, 3.8) is 0 Å². The second-order valence-electron chi connectivity index (χ2n) is 4.91. The molecule has 19 heavy (non-hydrogen) atoms. The van der Waals surface area contributed by atoms with Crippen LogP contribution in [0.2, 0.25) is 0 Å². The quantitative estimate of drug-likeness (QED) is 0.367. The Morgan fingerprint density at radius 3 is 2.47 bits per heavy atom. The fourth-order valence-electron chi connectivity index (χ4n) is 2.61. The maximum atomic E-state index is 10.7. The summed E-state index contributed by atoms with van der Waals surface area (Å²) >= 11 is 0. The maximum absolute atomic E-state index is 10.7. The van der Waals surface area contributed by atoms with Crippen LogP contribution in [0.1, 0.15) is 30.9 Å². The normalized spacial score (nSPS) is 30.6. The van der Waals surface area contributed by atoms with Gasteiger partial charge in [-0.3, -0.25) is 0 Å². The van der Waals surface area contributed by atoms with Gasteiger partial charge in [0.1, 0.15) is 11.2 Å². The van der Waals surface area contributed by atoms with Gasteiger partial charge in [-0.15, -0.1) is 0 Å². The van der Waals surface area contributed by atoms with Gasteiger partial charge in [0, 0.05) is 5.97 Å². The molecule has 2 bridgehead atoms. The summed E-state index contributed by atoms with van der Waals surface area (Å²) in [6.45, 7) is 1.92. The van der Waals surface area contributed by atoms with Gasteiger partial charge in [0.2, 0.25) is 0 Å². The first-order valence-electron chi connectivity index (χ1n) is 5.93. The average Bonchev–Trinajstić information content (AvgIpc) is 2.39. The minimum absolute atomic E-state index is 0. The molecule has 2 aliphatic heterocycles. The van der Waals surface area contributed by atoms with Crippen molar-refractivity contribution in [2.75, 3.05) is 0 Å². The van der Waals surface area contributed by atoms with Gasteiger partial charge < -0.3 is 9.90 Å². The van der Waals surface area contributed by atoms with Crippen molar-refractivity contribution in [1.82, 2.24) is 0 Å². The minimum atomic E-state index is -1.09. The second-order valence-corrected chi connectivity index (χ2v) is 4.91. The molecule has 1 aliphatic carbocycles.